The van der Waals surface area contributed by atoms with Crippen molar-refractivity contribution in [1.29, 1.82) is 0 Å². The Balaban J connectivity index is 1.69. The molecule has 0 fully saturated rings. The van der Waals surface area contributed by atoms with Gasteiger partial charge in [0, 0.05) is 5.92 Å². The van der Waals surface area contributed by atoms with E-state index in [9.17, 15) is 14.4 Å². The van der Waals surface area contributed by atoms with E-state index in [0.29, 0.717) is 6.42 Å². The first-order chi connectivity index (χ1) is 16.3. The molecule has 1 aliphatic carbocycles. The SMILES string of the molecule is CC[C@@H](C)[C@@H](NC(=O)OCC1c2ccccc2-c2ccccc21)C(=O)N[C@H](C(=O)OC)C(C)C. The Bertz CT molecular complexity index is 990. The first kappa shape index (κ1) is 25.3. The molecule has 2 aromatic rings. The van der Waals surface area contributed by atoms with Crippen LogP contribution in [0.4, 0.5) is 4.79 Å². The van der Waals surface area contributed by atoms with Crippen LogP contribution in [-0.2, 0) is 19.1 Å². The lowest BCUT2D eigenvalue weighted by molar-refractivity contribution is -0.146. The van der Waals surface area contributed by atoms with Gasteiger partial charge in [0.25, 0.3) is 0 Å². The van der Waals surface area contributed by atoms with Crippen molar-refractivity contribution in [3.05, 3.63) is 59.7 Å². The maximum absolute atomic E-state index is 13.0. The highest BCUT2D eigenvalue weighted by Gasteiger charge is 2.33. The number of alkyl carbamates (subject to hydrolysis) is 1. The summed E-state index contributed by atoms with van der Waals surface area (Å²) >= 11 is 0. The van der Waals surface area contributed by atoms with Crippen molar-refractivity contribution in [1.82, 2.24) is 10.6 Å². The van der Waals surface area contributed by atoms with Gasteiger partial charge in [-0.3, -0.25) is 4.79 Å². The normalized spacial score (nSPS) is 15.0. The second kappa shape index (κ2) is 11.2. The number of nitrogens with one attached hydrogen (secondary N) is 2. The predicted octanol–water partition coefficient (Wildman–Crippen LogP) is 4.25. The van der Waals surface area contributed by atoms with Crippen molar-refractivity contribution in [2.24, 2.45) is 11.8 Å². The third kappa shape index (κ3) is 5.41. The van der Waals surface area contributed by atoms with E-state index in [-0.39, 0.29) is 24.4 Å². The van der Waals surface area contributed by atoms with Crippen LogP contribution in [0.15, 0.2) is 48.5 Å². The van der Waals surface area contributed by atoms with Crippen molar-refractivity contribution in [3.8, 4) is 11.1 Å². The summed E-state index contributed by atoms with van der Waals surface area (Å²) in [4.78, 5) is 37.9. The quantitative estimate of drug-likeness (QED) is 0.539. The number of hydrogen-bond acceptors (Lipinski definition) is 5. The molecule has 0 aromatic heterocycles. The zero-order valence-corrected chi connectivity index (χ0v) is 20.5. The maximum Gasteiger partial charge on any atom is 0.407 e. The minimum absolute atomic E-state index is 0.0707. The zero-order valence-electron chi connectivity index (χ0n) is 20.5. The van der Waals surface area contributed by atoms with E-state index in [1.165, 1.54) is 7.11 Å². The Kier molecular flexibility index (Phi) is 8.31. The molecule has 3 atom stereocenters. The van der Waals surface area contributed by atoms with Crippen LogP contribution in [0.3, 0.4) is 0 Å². The van der Waals surface area contributed by atoms with E-state index < -0.39 is 30.1 Å². The van der Waals surface area contributed by atoms with E-state index in [1.54, 1.807) is 0 Å². The lowest BCUT2D eigenvalue weighted by Crippen LogP contribution is -2.55. The van der Waals surface area contributed by atoms with Crippen molar-refractivity contribution < 1.29 is 23.9 Å². The number of hydrogen-bond donors (Lipinski definition) is 2. The Morgan fingerprint density at radius 1 is 0.882 bits per heavy atom. The minimum Gasteiger partial charge on any atom is -0.467 e. The highest BCUT2D eigenvalue weighted by Crippen LogP contribution is 2.44. The summed E-state index contributed by atoms with van der Waals surface area (Å²) in [5, 5.41) is 5.44. The third-order valence-corrected chi connectivity index (χ3v) is 6.53. The number of methoxy groups -OCH3 is 1. The summed E-state index contributed by atoms with van der Waals surface area (Å²) < 4.78 is 10.4. The lowest BCUT2D eigenvalue weighted by Gasteiger charge is -2.27. The molecule has 2 N–H and O–H groups in total. The van der Waals surface area contributed by atoms with Crippen molar-refractivity contribution in [2.45, 2.75) is 52.1 Å². The average molecular weight is 467 g/mol. The molecule has 7 heteroatoms. The van der Waals surface area contributed by atoms with E-state index in [2.05, 4.69) is 34.9 Å². The van der Waals surface area contributed by atoms with Crippen LogP contribution in [0.2, 0.25) is 0 Å². The van der Waals surface area contributed by atoms with Gasteiger partial charge in [0.05, 0.1) is 7.11 Å². The van der Waals surface area contributed by atoms with Gasteiger partial charge in [-0.25, -0.2) is 9.59 Å². The summed E-state index contributed by atoms with van der Waals surface area (Å²) in [7, 11) is 1.28. The molecule has 1 aliphatic rings. The summed E-state index contributed by atoms with van der Waals surface area (Å²) in [6.07, 6.45) is -0.00626. The molecule has 0 saturated heterocycles. The molecule has 182 valence electrons. The fraction of sp³-hybridized carbons (Fsp3) is 0.444. The molecular weight excluding hydrogens is 432 g/mol. The monoisotopic (exact) mass is 466 g/mol. The van der Waals surface area contributed by atoms with Crippen molar-refractivity contribution in [2.75, 3.05) is 13.7 Å². The smallest absolute Gasteiger partial charge is 0.407 e. The Labute approximate surface area is 201 Å². The van der Waals surface area contributed by atoms with Gasteiger partial charge in [-0.05, 0) is 34.1 Å². The third-order valence-electron chi connectivity index (χ3n) is 6.53. The number of fused-ring (bicyclic) bond motifs is 3. The first-order valence-corrected chi connectivity index (χ1v) is 11.8. The van der Waals surface area contributed by atoms with Gasteiger partial charge >= 0.3 is 12.1 Å². The maximum atomic E-state index is 13.0. The Morgan fingerprint density at radius 3 is 1.94 bits per heavy atom. The predicted molar refractivity (Wildman–Crippen MR) is 130 cm³/mol. The zero-order chi connectivity index (χ0) is 24.8. The Morgan fingerprint density at radius 2 is 1.44 bits per heavy atom. The highest BCUT2D eigenvalue weighted by atomic mass is 16.5. The van der Waals surface area contributed by atoms with Crippen LogP contribution in [0, 0.1) is 11.8 Å². The minimum atomic E-state index is -0.841. The molecular formula is C27H34N2O5. The molecule has 7 nitrogen and oxygen atoms in total. The van der Waals surface area contributed by atoms with E-state index in [4.69, 9.17) is 9.47 Å². The molecule has 0 spiro atoms. The van der Waals surface area contributed by atoms with Crippen LogP contribution in [0.5, 0.6) is 0 Å². The van der Waals surface area contributed by atoms with Gasteiger partial charge < -0.3 is 20.1 Å². The van der Waals surface area contributed by atoms with Gasteiger partial charge in [-0.15, -0.1) is 0 Å². The molecule has 0 aliphatic heterocycles. The van der Waals surface area contributed by atoms with Crippen LogP contribution < -0.4 is 10.6 Å². The molecule has 34 heavy (non-hydrogen) atoms. The van der Waals surface area contributed by atoms with Crippen molar-refractivity contribution >= 4 is 18.0 Å². The fourth-order valence-electron chi connectivity index (χ4n) is 4.34. The van der Waals surface area contributed by atoms with Gasteiger partial charge in [-0.1, -0.05) is 82.6 Å². The molecule has 0 saturated carbocycles. The molecule has 2 aromatic carbocycles. The van der Waals surface area contributed by atoms with Gasteiger partial charge in [-0.2, -0.15) is 0 Å². The number of carbonyl (C=O) groups excluding carboxylic acids is 3. The van der Waals surface area contributed by atoms with Crippen LogP contribution in [-0.4, -0.2) is 43.8 Å². The van der Waals surface area contributed by atoms with Gasteiger partial charge in [0.2, 0.25) is 5.91 Å². The number of esters is 1. The Hall–Kier alpha value is -3.35. The van der Waals surface area contributed by atoms with E-state index in [0.717, 1.165) is 22.3 Å². The largest absolute Gasteiger partial charge is 0.467 e. The number of rotatable bonds is 9. The van der Waals surface area contributed by atoms with Gasteiger partial charge in [0.1, 0.15) is 18.7 Å². The molecule has 0 unspecified atom stereocenters. The lowest BCUT2D eigenvalue weighted by atomic mass is 9.97. The molecule has 0 bridgehead atoms. The standard InChI is InChI=1S/C27H34N2O5/c1-6-17(4)24(25(30)28-23(16(2)3)26(31)33-5)29-27(32)34-15-22-20-13-9-7-11-18(20)19-12-8-10-14-21(19)22/h7-14,16-17,22-24H,6,15H2,1-5H3,(H,28,30)(H,29,32)/t17-,23+,24-/m1/s1. The topological polar surface area (TPSA) is 93.7 Å². The summed E-state index contributed by atoms with van der Waals surface area (Å²) in [6, 6.07) is 14.6. The second-order valence-electron chi connectivity index (χ2n) is 9.09. The summed E-state index contributed by atoms with van der Waals surface area (Å²) in [5.41, 5.74) is 4.52. The second-order valence-corrected chi connectivity index (χ2v) is 9.09. The highest BCUT2D eigenvalue weighted by molar-refractivity contribution is 5.90. The average Bonchev–Trinajstić information content (AvgIpc) is 3.17. The van der Waals surface area contributed by atoms with Crippen LogP contribution in [0.1, 0.15) is 51.2 Å². The molecule has 0 heterocycles. The number of carbonyl (C=O) groups is 3. The summed E-state index contributed by atoms with van der Waals surface area (Å²) in [5.74, 6) is -1.35. The molecule has 0 radical (unpaired) electrons. The molecule has 3 rings (SSSR count). The van der Waals surface area contributed by atoms with Gasteiger partial charge in [0.15, 0.2) is 0 Å². The number of benzene rings is 2. The van der Waals surface area contributed by atoms with E-state index in [1.807, 2.05) is 52.0 Å². The van der Waals surface area contributed by atoms with Crippen LogP contribution in [0.25, 0.3) is 11.1 Å². The van der Waals surface area contributed by atoms with Crippen molar-refractivity contribution in [3.63, 3.8) is 0 Å². The van der Waals surface area contributed by atoms with Crippen LogP contribution >= 0.6 is 0 Å². The number of ether oxygens (including phenoxy) is 2. The van der Waals surface area contributed by atoms with E-state index >= 15 is 0 Å². The molecule has 2 amide bonds. The summed E-state index contributed by atoms with van der Waals surface area (Å²) in [6.45, 7) is 7.60. The fourth-order valence-corrected chi connectivity index (χ4v) is 4.34. The number of amides is 2. The first-order valence-electron chi connectivity index (χ1n) is 11.8.